The van der Waals surface area contributed by atoms with Crippen molar-refractivity contribution in [2.45, 2.75) is 20.3 Å². The van der Waals surface area contributed by atoms with Crippen molar-refractivity contribution in [1.82, 2.24) is 0 Å². The summed E-state index contributed by atoms with van der Waals surface area (Å²) in [6.45, 7) is 4.52. The van der Waals surface area contributed by atoms with E-state index < -0.39 is 7.82 Å². The monoisotopic (exact) mass is 338 g/mol. The van der Waals surface area contributed by atoms with Crippen LogP contribution in [-0.2, 0) is 4.57 Å². The van der Waals surface area contributed by atoms with E-state index in [9.17, 15) is 9.46 Å². The molecule has 0 spiro atoms. The average molecular weight is 338 g/mol. The van der Waals surface area contributed by atoms with Gasteiger partial charge in [-0.25, -0.2) is 4.57 Å². The minimum absolute atomic E-state index is 0.286. The second kappa shape index (κ2) is 10.1. The quantitative estimate of drug-likeness (QED) is 0.769. The molecule has 2 aromatic carbocycles. The number of aliphatic hydroxyl groups is 1. The van der Waals surface area contributed by atoms with Crippen molar-refractivity contribution >= 4 is 7.82 Å². The van der Waals surface area contributed by atoms with Gasteiger partial charge >= 0.3 is 7.82 Å². The number of benzene rings is 2. The van der Waals surface area contributed by atoms with Gasteiger partial charge in [0.1, 0.15) is 11.5 Å². The maximum absolute atomic E-state index is 11.7. The molecule has 0 bridgehead atoms. The molecule has 2 aromatic rings. The molecule has 0 unspecified atom stereocenters. The van der Waals surface area contributed by atoms with E-state index in [4.69, 9.17) is 14.2 Å². The molecule has 0 atom stereocenters. The Bertz CT molecular complexity index is 541. The lowest BCUT2D eigenvalue weighted by molar-refractivity contribution is 0.268. The van der Waals surface area contributed by atoms with Gasteiger partial charge < -0.3 is 14.2 Å². The molecule has 0 saturated heterocycles. The largest absolute Gasteiger partial charge is 0.584 e. The maximum Gasteiger partial charge on any atom is 0.584 e. The summed E-state index contributed by atoms with van der Waals surface area (Å²) >= 11 is 0. The van der Waals surface area contributed by atoms with Gasteiger partial charge in [0.15, 0.2) is 0 Å². The van der Waals surface area contributed by atoms with Crippen LogP contribution in [0, 0.1) is 5.92 Å². The number of phosphoric ester groups is 1. The van der Waals surface area contributed by atoms with Crippen LogP contribution in [0.25, 0.3) is 0 Å². The summed E-state index contributed by atoms with van der Waals surface area (Å²) in [6.07, 6.45) is 0.931. The molecule has 0 radical (unpaired) electrons. The molecule has 0 aliphatic heterocycles. The number of phosphoric acid groups is 1. The SMILES string of the molecule is CC(C)CCO.O=P(O)(Oc1ccccc1)Oc1ccccc1. The number of hydrogen-bond acceptors (Lipinski definition) is 4. The Morgan fingerprint density at radius 1 is 0.913 bits per heavy atom. The highest BCUT2D eigenvalue weighted by molar-refractivity contribution is 7.48. The first-order chi connectivity index (χ1) is 10.9. The van der Waals surface area contributed by atoms with Crippen molar-refractivity contribution in [2.75, 3.05) is 6.61 Å². The zero-order valence-corrected chi connectivity index (χ0v) is 14.2. The highest BCUT2D eigenvalue weighted by Gasteiger charge is 2.24. The summed E-state index contributed by atoms with van der Waals surface area (Å²) in [6, 6.07) is 16.7. The van der Waals surface area contributed by atoms with Crippen LogP contribution in [0.5, 0.6) is 11.5 Å². The molecule has 2 rings (SSSR count). The highest BCUT2D eigenvalue weighted by Crippen LogP contribution is 2.44. The van der Waals surface area contributed by atoms with E-state index in [2.05, 4.69) is 13.8 Å². The topological polar surface area (TPSA) is 76.0 Å². The first kappa shape index (κ1) is 19.2. The lowest BCUT2D eigenvalue weighted by Crippen LogP contribution is -1.99. The standard InChI is InChI=1S/C12H11O4P.C5H12O/c13-17(14,15-11-7-3-1-4-8-11)16-12-9-5-2-6-10-12;1-5(2)3-4-6/h1-10H,(H,13,14);5-6H,3-4H2,1-2H3. The second-order valence-corrected chi connectivity index (χ2v) is 6.49. The van der Waals surface area contributed by atoms with Gasteiger partial charge in [-0.2, -0.15) is 0 Å². The van der Waals surface area contributed by atoms with Gasteiger partial charge in [-0.15, -0.1) is 0 Å². The number of para-hydroxylation sites is 2. The van der Waals surface area contributed by atoms with Crippen molar-refractivity contribution in [2.24, 2.45) is 5.92 Å². The number of hydrogen-bond donors (Lipinski definition) is 2. The van der Waals surface area contributed by atoms with Crippen molar-refractivity contribution in [3.8, 4) is 11.5 Å². The third-order valence-corrected chi connectivity index (χ3v) is 3.52. The molecule has 2 N–H and O–H groups in total. The summed E-state index contributed by atoms with van der Waals surface area (Å²) in [5.41, 5.74) is 0. The predicted octanol–water partition coefficient (Wildman–Crippen LogP) is 4.27. The minimum atomic E-state index is -4.14. The molecule has 0 saturated carbocycles. The minimum Gasteiger partial charge on any atom is -0.396 e. The Morgan fingerprint density at radius 2 is 1.30 bits per heavy atom. The van der Waals surface area contributed by atoms with Gasteiger partial charge in [-0.3, -0.25) is 4.89 Å². The first-order valence-corrected chi connectivity index (χ1v) is 8.85. The predicted molar refractivity (Wildman–Crippen MR) is 90.5 cm³/mol. The van der Waals surface area contributed by atoms with Crippen LogP contribution >= 0.6 is 7.82 Å². The molecule has 23 heavy (non-hydrogen) atoms. The third-order valence-electron chi connectivity index (χ3n) is 2.63. The van der Waals surface area contributed by atoms with E-state index in [1.165, 1.54) is 0 Å². The summed E-state index contributed by atoms with van der Waals surface area (Å²) < 4.78 is 21.5. The van der Waals surface area contributed by atoms with Gasteiger partial charge in [-0.1, -0.05) is 50.2 Å². The molecule has 0 aromatic heterocycles. The van der Waals surface area contributed by atoms with E-state index in [1.54, 1.807) is 60.7 Å². The molecule has 6 heteroatoms. The van der Waals surface area contributed by atoms with Gasteiger partial charge in [0.05, 0.1) is 0 Å². The zero-order valence-electron chi connectivity index (χ0n) is 13.3. The van der Waals surface area contributed by atoms with Crippen molar-refractivity contribution in [3.05, 3.63) is 60.7 Å². The van der Waals surface area contributed by atoms with Crippen molar-refractivity contribution < 1.29 is 23.6 Å². The molecule has 0 aliphatic rings. The summed E-state index contributed by atoms with van der Waals surface area (Å²) in [4.78, 5) is 9.53. The van der Waals surface area contributed by atoms with E-state index in [1.807, 2.05) is 0 Å². The van der Waals surface area contributed by atoms with Crippen molar-refractivity contribution in [3.63, 3.8) is 0 Å². The van der Waals surface area contributed by atoms with E-state index in [-0.39, 0.29) is 11.5 Å². The Kier molecular flexibility index (Phi) is 8.41. The molecular formula is C17H23O5P. The average Bonchev–Trinajstić information content (AvgIpc) is 2.48. The normalized spacial score (nSPS) is 10.7. The van der Waals surface area contributed by atoms with Gasteiger partial charge in [-0.05, 0) is 36.6 Å². The third kappa shape index (κ3) is 9.04. The van der Waals surface area contributed by atoms with Crippen molar-refractivity contribution in [1.29, 1.82) is 0 Å². The van der Waals surface area contributed by atoms with Crippen LogP contribution in [0.2, 0.25) is 0 Å². The van der Waals surface area contributed by atoms with E-state index in [0.29, 0.717) is 12.5 Å². The Labute approximate surface area is 137 Å². The Hall–Kier alpha value is -1.81. The van der Waals surface area contributed by atoms with Gasteiger partial charge in [0.2, 0.25) is 0 Å². The molecule has 126 valence electrons. The molecular weight excluding hydrogens is 315 g/mol. The van der Waals surface area contributed by atoms with Gasteiger partial charge in [0.25, 0.3) is 0 Å². The van der Waals surface area contributed by atoms with Crippen LogP contribution in [0.4, 0.5) is 0 Å². The fourth-order valence-electron chi connectivity index (χ4n) is 1.51. The van der Waals surface area contributed by atoms with Crippen LogP contribution in [0.3, 0.4) is 0 Å². The van der Waals surface area contributed by atoms with Crippen LogP contribution in [0.15, 0.2) is 60.7 Å². The molecule has 0 heterocycles. The van der Waals surface area contributed by atoms with Crippen LogP contribution in [0.1, 0.15) is 20.3 Å². The zero-order chi connectivity index (χ0) is 17.1. The number of aliphatic hydroxyl groups excluding tert-OH is 1. The lowest BCUT2D eigenvalue weighted by Gasteiger charge is -2.13. The fraction of sp³-hybridized carbons (Fsp3) is 0.294. The van der Waals surface area contributed by atoms with E-state index >= 15 is 0 Å². The van der Waals surface area contributed by atoms with Crippen LogP contribution in [-0.4, -0.2) is 16.6 Å². The first-order valence-electron chi connectivity index (χ1n) is 7.36. The Morgan fingerprint density at radius 3 is 1.57 bits per heavy atom. The maximum atomic E-state index is 11.7. The summed E-state index contributed by atoms with van der Waals surface area (Å²) in [5.74, 6) is 1.22. The van der Waals surface area contributed by atoms with Crippen LogP contribution < -0.4 is 9.05 Å². The molecule has 5 nitrogen and oxygen atoms in total. The fourth-order valence-corrected chi connectivity index (χ4v) is 2.32. The smallest absolute Gasteiger partial charge is 0.396 e. The lowest BCUT2D eigenvalue weighted by atomic mass is 10.2. The second-order valence-electron chi connectivity index (χ2n) is 5.18. The van der Waals surface area contributed by atoms with Gasteiger partial charge in [0, 0.05) is 6.61 Å². The van der Waals surface area contributed by atoms with E-state index in [0.717, 1.165) is 6.42 Å². The highest BCUT2D eigenvalue weighted by atomic mass is 31.2. The molecule has 0 aliphatic carbocycles. The Balaban J connectivity index is 0.000000379. The summed E-state index contributed by atoms with van der Waals surface area (Å²) in [5, 5.41) is 8.24. The number of rotatable bonds is 6. The summed E-state index contributed by atoms with van der Waals surface area (Å²) in [7, 11) is -4.14. The molecule has 0 amide bonds. The molecule has 0 fully saturated rings.